The molecule has 2 aromatic rings. The van der Waals surface area contributed by atoms with Gasteiger partial charge in [-0.3, -0.25) is 4.79 Å². The lowest BCUT2D eigenvalue weighted by atomic mass is 10.0. The third-order valence-electron chi connectivity index (χ3n) is 5.77. The van der Waals surface area contributed by atoms with E-state index in [1.54, 1.807) is 29.6 Å². The number of piperidine rings is 1. The number of carbonyl (C=O) groups excluding carboxylic acids is 1. The minimum Gasteiger partial charge on any atom is -0.496 e. The molecule has 0 bridgehead atoms. The lowest BCUT2D eigenvalue weighted by Crippen LogP contribution is -2.35. The first-order valence-electron chi connectivity index (χ1n) is 10.8. The van der Waals surface area contributed by atoms with Crippen LogP contribution in [-0.2, 0) is 21.2 Å². The number of amides is 1. The van der Waals surface area contributed by atoms with Crippen molar-refractivity contribution in [3.05, 3.63) is 52.6 Å². The van der Waals surface area contributed by atoms with E-state index < -0.39 is 10.0 Å². The maximum atomic E-state index is 13.0. The van der Waals surface area contributed by atoms with Crippen molar-refractivity contribution in [2.24, 2.45) is 0 Å². The Labute approximate surface area is 185 Å². The minimum absolute atomic E-state index is 0.110. The van der Waals surface area contributed by atoms with Gasteiger partial charge in [0.15, 0.2) is 0 Å². The van der Waals surface area contributed by atoms with E-state index in [4.69, 9.17) is 4.74 Å². The lowest BCUT2D eigenvalue weighted by molar-refractivity contribution is -0.116. The standard InChI is InChI=1S/C24H32N2O4S/c1-17-14-18(2)24(19(3)15-17)25-23(27)11-8-20-16-21(9-10-22(20)30-4)31(28,29)26-12-6-5-7-13-26/h9-10,14-16H,5-8,11-13H2,1-4H3,(H,25,27). The first kappa shape index (κ1) is 23.3. The summed E-state index contributed by atoms with van der Waals surface area (Å²) < 4.78 is 33.0. The molecule has 1 aliphatic rings. The van der Waals surface area contributed by atoms with Crippen LogP contribution in [0.25, 0.3) is 0 Å². The molecule has 3 rings (SSSR count). The number of nitrogens with one attached hydrogen (secondary N) is 1. The average molecular weight is 445 g/mol. The van der Waals surface area contributed by atoms with E-state index >= 15 is 0 Å². The number of rotatable bonds is 7. The van der Waals surface area contributed by atoms with Crippen molar-refractivity contribution in [1.82, 2.24) is 4.31 Å². The van der Waals surface area contributed by atoms with Crippen molar-refractivity contribution in [1.29, 1.82) is 0 Å². The summed E-state index contributed by atoms with van der Waals surface area (Å²) in [5.41, 5.74) is 4.76. The number of anilines is 1. The Morgan fingerprint density at radius 3 is 2.29 bits per heavy atom. The molecule has 0 aromatic heterocycles. The van der Waals surface area contributed by atoms with Crippen molar-refractivity contribution in [3.63, 3.8) is 0 Å². The summed E-state index contributed by atoms with van der Waals surface area (Å²) in [5.74, 6) is 0.481. The lowest BCUT2D eigenvalue weighted by Gasteiger charge is -2.26. The van der Waals surface area contributed by atoms with Gasteiger partial charge in [0.05, 0.1) is 12.0 Å². The van der Waals surface area contributed by atoms with Gasteiger partial charge in [0, 0.05) is 25.2 Å². The highest BCUT2D eigenvalue weighted by Gasteiger charge is 2.26. The highest BCUT2D eigenvalue weighted by Crippen LogP contribution is 2.28. The highest BCUT2D eigenvalue weighted by atomic mass is 32.2. The largest absolute Gasteiger partial charge is 0.496 e. The molecule has 0 saturated carbocycles. The second-order valence-electron chi connectivity index (χ2n) is 8.26. The van der Waals surface area contributed by atoms with Crippen LogP contribution in [0.3, 0.4) is 0 Å². The third kappa shape index (κ3) is 5.46. The second kappa shape index (κ2) is 9.83. The molecule has 0 radical (unpaired) electrons. The van der Waals surface area contributed by atoms with Gasteiger partial charge >= 0.3 is 0 Å². The summed E-state index contributed by atoms with van der Waals surface area (Å²) in [6.07, 6.45) is 3.47. The van der Waals surface area contributed by atoms with Crippen LogP contribution in [-0.4, -0.2) is 38.8 Å². The van der Waals surface area contributed by atoms with Crippen molar-refractivity contribution >= 4 is 21.6 Å². The molecule has 31 heavy (non-hydrogen) atoms. The molecule has 7 heteroatoms. The zero-order valence-corrected chi connectivity index (χ0v) is 19.6. The van der Waals surface area contributed by atoms with Gasteiger partial charge in [-0.2, -0.15) is 4.31 Å². The fraction of sp³-hybridized carbons (Fsp3) is 0.458. The summed E-state index contributed by atoms with van der Waals surface area (Å²) >= 11 is 0. The van der Waals surface area contributed by atoms with Crippen LogP contribution in [0.4, 0.5) is 5.69 Å². The molecule has 1 fully saturated rings. The fourth-order valence-corrected chi connectivity index (χ4v) is 5.76. The van der Waals surface area contributed by atoms with E-state index in [-0.39, 0.29) is 17.2 Å². The number of methoxy groups -OCH3 is 1. The van der Waals surface area contributed by atoms with E-state index in [0.717, 1.165) is 41.6 Å². The zero-order valence-electron chi connectivity index (χ0n) is 18.8. The summed E-state index contributed by atoms with van der Waals surface area (Å²) in [5, 5.41) is 3.00. The number of benzene rings is 2. The van der Waals surface area contributed by atoms with Crippen molar-refractivity contribution in [2.75, 3.05) is 25.5 Å². The summed E-state index contributed by atoms with van der Waals surface area (Å²) in [7, 11) is -1.98. The summed E-state index contributed by atoms with van der Waals surface area (Å²) in [6.45, 7) is 7.10. The fourth-order valence-electron chi connectivity index (χ4n) is 4.19. The topological polar surface area (TPSA) is 75.7 Å². The van der Waals surface area contributed by atoms with E-state index in [9.17, 15) is 13.2 Å². The maximum absolute atomic E-state index is 13.0. The smallest absolute Gasteiger partial charge is 0.243 e. The van der Waals surface area contributed by atoms with Gasteiger partial charge in [-0.25, -0.2) is 8.42 Å². The quantitative estimate of drug-likeness (QED) is 0.688. The number of ether oxygens (including phenoxy) is 1. The molecule has 6 nitrogen and oxygen atoms in total. The summed E-state index contributed by atoms with van der Waals surface area (Å²) in [6, 6.07) is 9.00. The van der Waals surface area contributed by atoms with Gasteiger partial charge in [0.25, 0.3) is 0 Å². The van der Waals surface area contributed by atoms with Crippen molar-refractivity contribution in [3.8, 4) is 5.75 Å². The molecule has 2 aromatic carbocycles. The Morgan fingerprint density at radius 1 is 1.03 bits per heavy atom. The second-order valence-corrected chi connectivity index (χ2v) is 10.2. The van der Waals surface area contributed by atoms with Crippen LogP contribution in [0.5, 0.6) is 5.75 Å². The normalized spacial score (nSPS) is 15.0. The minimum atomic E-state index is -3.53. The first-order chi connectivity index (χ1) is 14.7. The van der Waals surface area contributed by atoms with Gasteiger partial charge < -0.3 is 10.1 Å². The molecule has 1 N–H and O–H groups in total. The molecule has 1 amide bonds. The van der Waals surface area contributed by atoms with Gasteiger partial charge in [0.2, 0.25) is 15.9 Å². The molecule has 0 spiro atoms. The molecule has 0 aliphatic carbocycles. The Hall–Kier alpha value is -2.38. The molecular weight excluding hydrogens is 412 g/mol. The van der Waals surface area contributed by atoms with E-state index in [2.05, 4.69) is 5.32 Å². The van der Waals surface area contributed by atoms with Crippen LogP contribution >= 0.6 is 0 Å². The SMILES string of the molecule is COc1ccc(S(=O)(=O)N2CCCCC2)cc1CCC(=O)Nc1c(C)cc(C)cc1C. The van der Waals surface area contributed by atoms with E-state index in [1.165, 1.54) is 0 Å². The van der Waals surface area contributed by atoms with Gasteiger partial charge in [-0.1, -0.05) is 24.1 Å². The van der Waals surface area contributed by atoms with Gasteiger partial charge in [-0.15, -0.1) is 0 Å². The van der Waals surface area contributed by atoms with Crippen molar-refractivity contribution < 1.29 is 17.9 Å². The number of sulfonamides is 1. The van der Waals surface area contributed by atoms with Crippen LogP contribution in [0.1, 0.15) is 47.9 Å². The third-order valence-corrected chi connectivity index (χ3v) is 7.66. The maximum Gasteiger partial charge on any atom is 0.243 e. The predicted octanol–water partition coefficient (Wildman–Crippen LogP) is 4.37. The number of carbonyl (C=O) groups is 1. The van der Waals surface area contributed by atoms with Crippen molar-refractivity contribution in [2.45, 2.75) is 57.8 Å². The van der Waals surface area contributed by atoms with E-state index in [1.807, 2.05) is 32.9 Å². The zero-order chi connectivity index (χ0) is 22.6. The van der Waals surface area contributed by atoms with Gasteiger partial charge in [0.1, 0.15) is 5.75 Å². The Balaban J connectivity index is 1.75. The monoisotopic (exact) mass is 444 g/mol. The van der Waals surface area contributed by atoms with Crippen LogP contribution in [0.2, 0.25) is 0 Å². The van der Waals surface area contributed by atoms with Crippen LogP contribution in [0.15, 0.2) is 35.2 Å². The number of hydrogen-bond donors (Lipinski definition) is 1. The molecule has 1 aliphatic heterocycles. The average Bonchev–Trinajstić information content (AvgIpc) is 2.75. The Bertz CT molecular complexity index is 1030. The first-order valence-corrected chi connectivity index (χ1v) is 12.2. The van der Waals surface area contributed by atoms with Gasteiger partial charge in [-0.05, 0) is 74.9 Å². The molecule has 0 atom stereocenters. The molecule has 1 heterocycles. The Kier molecular flexibility index (Phi) is 7.38. The number of nitrogens with zero attached hydrogens (tertiary/aromatic N) is 1. The summed E-state index contributed by atoms with van der Waals surface area (Å²) in [4.78, 5) is 12.9. The van der Waals surface area contributed by atoms with E-state index in [0.29, 0.717) is 30.8 Å². The molecule has 1 saturated heterocycles. The number of aryl methyl sites for hydroxylation is 4. The molecular formula is C24H32N2O4S. The molecule has 168 valence electrons. The highest BCUT2D eigenvalue weighted by molar-refractivity contribution is 7.89. The Morgan fingerprint density at radius 2 is 1.68 bits per heavy atom. The van der Waals surface area contributed by atoms with Crippen LogP contribution in [0, 0.1) is 20.8 Å². The predicted molar refractivity (Wildman–Crippen MR) is 123 cm³/mol. The molecule has 0 unspecified atom stereocenters. The number of hydrogen-bond acceptors (Lipinski definition) is 4. The van der Waals surface area contributed by atoms with Crippen LogP contribution < -0.4 is 10.1 Å².